The summed E-state index contributed by atoms with van der Waals surface area (Å²) in [6, 6.07) is 10.2. The van der Waals surface area contributed by atoms with Crippen LogP contribution in [0, 0.1) is 11.7 Å². The molecule has 0 heterocycles. The predicted octanol–water partition coefficient (Wildman–Crippen LogP) is 4.86. The Morgan fingerprint density at radius 1 is 1.27 bits per heavy atom. The van der Waals surface area contributed by atoms with Gasteiger partial charge in [-0.1, -0.05) is 55.4 Å². The molecule has 0 unspecified atom stereocenters. The number of halogens is 2. The van der Waals surface area contributed by atoms with Gasteiger partial charge in [0.25, 0.3) is 5.91 Å². The molecule has 0 saturated heterocycles. The van der Waals surface area contributed by atoms with E-state index in [1.54, 1.807) is 30.3 Å². The molecule has 1 aliphatic rings. The van der Waals surface area contributed by atoms with Crippen LogP contribution in [-0.2, 0) is 20.8 Å². The molecule has 2 aromatic rings. The van der Waals surface area contributed by atoms with Crippen molar-refractivity contribution in [1.29, 1.82) is 0 Å². The summed E-state index contributed by atoms with van der Waals surface area (Å²) in [6.07, 6.45) is -0.701. The van der Waals surface area contributed by atoms with E-state index in [-0.39, 0.29) is 16.7 Å². The van der Waals surface area contributed by atoms with Crippen molar-refractivity contribution in [2.24, 2.45) is 11.1 Å². The maximum absolute atomic E-state index is 14.5. The molecule has 37 heavy (non-hydrogen) atoms. The molecule has 0 spiro atoms. The highest BCUT2D eigenvalue weighted by atomic mass is 35.5. The second-order valence-electron chi connectivity index (χ2n) is 9.28. The molecule has 0 saturated carbocycles. The average molecular weight is 531 g/mol. The lowest BCUT2D eigenvalue weighted by Gasteiger charge is -2.25. The van der Waals surface area contributed by atoms with Crippen molar-refractivity contribution < 1.29 is 29.0 Å². The van der Waals surface area contributed by atoms with Crippen molar-refractivity contribution in [3.05, 3.63) is 76.1 Å². The number of carbonyl (C=O) groups excluding carboxylic acids is 1. The molecular formula is C28H32ClFN2O5. The highest BCUT2D eigenvalue weighted by molar-refractivity contribution is 6.30. The fourth-order valence-electron chi connectivity index (χ4n) is 4.16. The number of anilines is 1. The Balaban J connectivity index is 1.75. The first-order valence-electron chi connectivity index (χ1n) is 11.9. The van der Waals surface area contributed by atoms with Gasteiger partial charge >= 0.3 is 0 Å². The number of hydrogen-bond acceptors (Lipinski definition) is 6. The largest absolute Gasteiger partial charge is 0.390 e. The second kappa shape index (κ2) is 12.5. The Bertz CT molecular complexity index is 1230. The molecule has 1 amide bonds. The maximum Gasteiger partial charge on any atom is 0.265 e. The minimum Gasteiger partial charge on any atom is -0.390 e. The van der Waals surface area contributed by atoms with Gasteiger partial charge in [-0.05, 0) is 65.8 Å². The molecule has 3 rings (SSSR count). The van der Waals surface area contributed by atoms with E-state index in [1.807, 2.05) is 19.9 Å². The first kappa shape index (κ1) is 28.5. The van der Waals surface area contributed by atoms with Crippen molar-refractivity contribution in [2.75, 3.05) is 19.0 Å². The van der Waals surface area contributed by atoms with E-state index >= 15 is 0 Å². The predicted molar refractivity (Wildman–Crippen MR) is 144 cm³/mol. The van der Waals surface area contributed by atoms with Crippen LogP contribution in [0.1, 0.15) is 37.5 Å². The van der Waals surface area contributed by atoms with Gasteiger partial charge in [0.15, 0.2) is 6.61 Å². The summed E-state index contributed by atoms with van der Waals surface area (Å²) < 4.78 is 19.9. The summed E-state index contributed by atoms with van der Waals surface area (Å²) >= 11 is 5.92. The normalized spacial score (nSPS) is 17.1. The fourth-order valence-corrected chi connectivity index (χ4v) is 4.34. The van der Waals surface area contributed by atoms with Crippen molar-refractivity contribution in [2.45, 2.75) is 45.5 Å². The van der Waals surface area contributed by atoms with Crippen molar-refractivity contribution >= 4 is 40.6 Å². The van der Waals surface area contributed by atoms with E-state index in [0.29, 0.717) is 17.7 Å². The van der Waals surface area contributed by atoms with Gasteiger partial charge in [0.05, 0.1) is 11.1 Å². The topological polar surface area (TPSA) is 100 Å². The van der Waals surface area contributed by atoms with Crippen LogP contribution in [0.3, 0.4) is 0 Å². The Morgan fingerprint density at radius 2 is 2.00 bits per heavy atom. The van der Waals surface area contributed by atoms with Gasteiger partial charge in [-0.3, -0.25) is 4.79 Å². The number of nitrogens with zero attached hydrogens (tertiary/aromatic N) is 1. The van der Waals surface area contributed by atoms with Gasteiger partial charge in [-0.2, -0.15) is 0 Å². The Hall–Kier alpha value is -3.04. The number of methoxy groups -OCH3 is 1. The van der Waals surface area contributed by atoms with Gasteiger partial charge in [0, 0.05) is 18.4 Å². The number of amides is 1. The number of fused-ring (bicyclic) bond motifs is 1. The number of ether oxygens (including phenoxy) is 1. The van der Waals surface area contributed by atoms with Gasteiger partial charge < -0.3 is 25.1 Å². The Kier molecular flexibility index (Phi) is 9.62. The third-order valence-corrected chi connectivity index (χ3v) is 6.32. The third kappa shape index (κ3) is 6.84. The van der Waals surface area contributed by atoms with Crippen molar-refractivity contribution in [1.82, 2.24) is 0 Å². The van der Waals surface area contributed by atoms with Crippen molar-refractivity contribution in [3.8, 4) is 0 Å². The van der Waals surface area contributed by atoms with Crippen LogP contribution in [0.15, 0.2) is 53.7 Å². The SMILES string of the molecule is C=C1Cc2ccc(NC(=O)CO/N=C(/[C@@H](OC)C(C)C)[C@@H](O)[C@@H](C)O)cc2/C1=C\c1cccc(Cl)c1F. The molecule has 7 nitrogen and oxygen atoms in total. The van der Waals surface area contributed by atoms with Crippen LogP contribution in [-0.4, -0.2) is 53.9 Å². The number of nitrogens with one attached hydrogen (secondary N) is 1. The second-order valence-corrected chi connectivity index (χ2v) is 9.68. The van der Waals surface area contributed by atoms with Gasteiger partial charge in [0.2, 0.25) is 0 Å². The zero-order chi connectivity index (χ0) is 27.3. The lowest BCUT2D eigenvalue weighted by molar-refractivity contribution is -0.120. The number of carbonyl (C=O) groups is 1. The summed E-state index contributed by atoms with van der Waals surface area (Å²) in [5, 5.41) is 26.8. The molecule has 0 fully saturated rings. The lowest BCUT2D eigenvalue weighted by Crippen LogP contribution is -2.42. The van der Waals surface area contributed by atoms with E-state index in [2.05, 4.69) is 17.1 Å². The number of benzene rings is 2. The molecule has 9 heteroatoms. The molecule has 3 N–H and O–H groups in total. The van der Waals surface area contributed by atoms with Gasteiger partial charge in [-0.15, -0.1) is 0 Å². The van der Waals surface area contributed by atoms with Crippen molar-refractivity contribution in [3.63, 3.8) is 0 Å². The Morgan fingerprint density at radius 3 is 2.65 bits per heavy atom. The van der Waals surface area contributed by atoms with Crippen LogP contribution in [0.5, 0.6) is 0 Å². The third-order valence-electron chi connectivity index (χ3n) is 6.03. The van der Waals surface area contributed by atoms with Gasteiger partial charge in [0.1, 0.15) is 23.7 Å². The monoisotopic (exact) mass is 530 g/mol. The first-order chi connectivity index (χ1) is 17.5. The fraction of sp³-hybridized carbons (Fsp3) is 0.357. The average Bonchev–Trinajstić information content (AvgIpc) is 3.15. The lowest BCUT2D eigenvalue weighted by atomic mass is 9.96. The highest BCUT2D eigenvalue weighted by Gasteiger charge is 2.30. The molecule has 3 atom stereocenters. The zero-order valence-electron chi connectivity index (χ0n) is 21.3. The summed E-state index contributed by atoms with van der Waals surface area (Å²) in [4.78, 5) is 17.8. The number of rotatable bonds is 10. The summed E-state index contributed by atoms with van der Waals surface area (Å²) in [5.41, 5.74) is 4.41. The van der Waals surface area contributed by atoms with Crippen LogP contribution < -0.4 is 5.32 Å². The molecule has 0 radical (unpaired) electrons. The summed E-state index contributed by atoms with van der Waals surface area (Å²) in [6.45, 7) is 8.85. The van der Waals surface area contributed by atoms with Crippen LogP contribution in [0.4, 0.5) is 10.1 Å². The number of aliphatic hydroxyl groups excluding tert-OH is 2. The molecule has 0 bridgehead atoms. The zero-order valence-corrected chi connectivity index (χ0v) is 22.1. The van der Waals surface area contributed by atoms with Crippen LogP contribution in [0.25, 0.3) is 11.6 Å². The highest BCUT2D eigenvalue weighted by Crippen LogP contribution is 2.39. The molecule has 1 aliphatic carbocycles. The van der Waals surface area contributed by atoms with E-state index in [9.17, 15) is 19.4 Å². The quantitative estimate of drug-likeness (QED) is 0.301. The number of allylic oxidation sites excluding steroid dienone is 2. The van der Waals surface area contributed by atoms with Crippen LogP contribution in [0.2, 0.25) is 5.02 Å². The van der Waals surface area contributed by atoms with Gasteiger partial charge in [-0.25, -0.2) is 4.39 Å². The molecular weight excluding hydrogens is 499 g/mol. The Labute approximate surface area is 221 Å². The minimum atomic E-state index is -1.31. The van der Waals surface area contributed by atoms with E-state index in [1.165, 1.54) is 20.1 Å². The minimum absolute atomic E-state index is 0.0381. The van der Waals surface area contributed by atoms with E-state index < -0.39 is 36.6 Å². The van der Waals surface area contributed by atoms with Crippen LogP contribution >= 0.6 is 11.6 Å². The van der Waals surface area contributed by atoms with E-state index in [4.69, 9.17) is 21.2 Å². The number of hydrogen-bond donors (Lipinski definition) is 3. The summed E-state index contributed by atoms with van der Waals surface area (Å²) in [7, 11) is 1.47. The van der Waals surface area contributed by atoms with E-state index in [0.717, 1.165) is 22.3 Å². The molecule has 0 aliphatic heterocycles. The summed E-state index contributed by atoms with van der Waals surface area (Å²) in [5.74, 6) is -1.04. The smallest absolute Gasteiger partial charge is 0.265 e. The first-order valence-corrected chi connectivity index (χ1v) is 12.3. The number of oxime groups is 1. The molecule has 0 aromatic heterocycles. The molecule has 198 valence electrons. The number of aliphatic hydroxyl groups is 2. The maximum atomic E-state index is 14.5. The standard InChI is InChI=1S/C28H32ClFN2O5/c1-15(2)28(36-5)26(27(35)17(4)33)32-37-14-24(34)31-20-10-9-18-11-16(3)21(22(18)13-20)12-19-7-6-8-23(29)25(19)30/h6-10,12-13,15,17,27-28,33,35H,3,11,14H2,1-2,4-5H3,(H,31,34)/b21-12-,32-26+/t17-,27+,28+/m1/s1. The molecule has 2 aromatic carbocycles.